The number of nitrogens with one attached hydrogen (secondary N) is 1. The van der Waals surface area contributed by atoms with Gasteiger partial charge < -0.3 is 9.88 Å². The van der Waals surface area contributed by atoms with E-state index in [0.717, 1.165) is 44.0 Å². The first-order valence-electron chi connectivity index (χ1n) is 13.0. The van der Waals surface area contributed by atoms with Gasteiger partial charge in [-0.3, -0.25) is 24.4 Å². The van der Waals surface area contributed by atoms with E-state index < -0.39 is 12.1 Å². The van der Waals surface area contributed by atoms with Gasteiger partial charge in [0, 0.05) is 31.4 Å². The van der Waals surface area contributed by atoms with Crippen LogP contribution in [-0.2, 0) is 16.6 Å². The van der Waals surface area contributed by atoms with Gasteiger partial charge in [-0.2, -0.15) is 5.26 Å². The molecule has 1 aromatic carbocycles. The lowest BCUT2D eigenvalue weighted by molar-refractivity contribution is -0.127. The molecule has 0 spiro atoms. The Morgan fingerprint density at radius 3 is 2.68 bits per heavy atom. The second kappa shape index (κ2) is 11.9. The molecule has 2 fully saturated rings. The number of aromatic nitrogens is 2. The van der Waals surface area contributed by atoms with Gasteiger partial charge in [0.15, 0.2) is 6.19 Å². The fraction of sp³-hybridized carbons (Fsp3) is 0.464. The van der Waals surface area contributed by atoms with Gasteiger partial charge in [0.2, 0.25) is 11.9 Å². The smallest absolute Gasteiger partial charge is 0.253 e. The Labute approximate surface area is 218 Å². The van der Waals surface area contributed by atoms with Crippen LogP contribution in [0.4, 0.5) is 5.95 Å². The molecule has 9 nitrogen and oxygen atoms in total. The van der Waals surface area contributed by atoms with Gasteiger partial charge in [0.1, 0.15) is 12.1 Å². The molecule has 1 aliphatic heterocycles. The van der Waals surface area contributed by atoms with Gasteiger partial charge in [-0.05, 0) is 51.5 Å². The lowest BCUT2D eigenvalue weighted by Crippen LogP contribution is -2.57. The molecular formula is C28H35N7O2. The number of imidazole rings is 1. The number of anilines is 1. The average Bonchev–Trinajstić information content (AvgIpc) is 3.52. The normalized spacial score (nSPS) is 19.6. The van der Waals surface area contributed by atoms with Crippen molar-refractivity contribution in [3.05, 3.63) is 48.2 Å². The second-order valence-corrected chi connectivity index (χ2v) is 9.68. The summed E-state index contributed by atoms with van der Waals surface area (Å²) in [7, 11) is 1.84. The maximum Gasteiger partial charge on any atom is 0.253 e. The van der Waals surface area contributed by atoms with E-state index in [9.17, 15) is 14.9 Å². The van der Waals surface area contributed by atoms with Gasteiger partial charge in [0.05, 0.1) is 11.0 Å². The maximum absolute atomic E-state index is 14.3. The lowest BCUT2D eigenvalue weighted by atomic mass is 9.94. The number of carbonyl (C=O) groups is 2. The fourth-order valence-electron chi connectivity index (χ4n) is 5.44. The van der Waals surface area contributed by atoms with Crippen molar-refractivity contribution in [3.8, 4) is 6.19 Å². The van der Waals surface area contributed by atoms with Crippen molar-refractivity contribution in [2.75, 3.05) is 11.4 Å². The first kappa shape index (κ1) is 26.1. The molecule has 0 bridgehead atoms. The number of fused-ring (bicyclic) bond motifs is 1. The monoisotopic (exact) mass is 501 g/mol. The molecule has 1 aliphatic carbocycles. The molecule has 2 heterocycles. The largest absolute Gasteiger partial charge is 0.351 e. The second-order valence-electron chi connectivity index (χ2n) is 9.68. The van der Waals surface area contributed by atoms with E-state index in [-0.39, 0.29) is 17.9 Å². The molecule has 2 aromatic rings. The Kier molecular flexibility index (Phi) is 8.39. The Morgan fingerprint density at radius 1 is 1.24 bits per heavy atom. The van der Waals surface area contributed by atoms with Crippen molar-refractivity contribution in [3.63, 3.8) is 0 Å². The molecule has 1 saturated heterocycles. The highest BCUT2D eigenvalue weighted by Crippen LogP contribution is 2.30. The Bertz CT molecular complexity index is 1250. The minimum Gasteiger partial charge on any atom is -0.351 e. The third-order valence-corrected chi connectivity index (χ3v) is 7.26. The third kappa shape index (κ3) is 5.43. The number of hydrogen-bond donors (Lipinski definition) is 1. The number of aliphatic imine (C=N–C) groups is 1. The first-order valence-corrected chi connectivity index (χ1v) is 13.0. The molecule has 194 valence electrons. The molecule has 0 radical (unpaired) electrons. The van der Waals surface area contributed by atoms with Gasteiger partial charge in [0.25, 0.3) is 5.91 Å². The summed E-state index contributed by atoms with van der Waals surface area (Å²) in [5.41, 5.74) is 2.07. The standard InChI is InChI=1S/C28H35N7O2/c1-4-11-20(18-30-2)25(26(36)31-21-12-6-5-7-13-21)35(27(37)24-16-10-17-34(24)19-29)28-32-22-14-8-9-15-23(22)33(28)3/h4,8-9,11,14-15,18,21,24-25H,2,5-7,10,12-13,16-17H2,1,3H3,(H,31,36)/b11-4-,20-18+. The van der Waals surface area contributed by atoms with Crippen LogP contribution in [0.2, 0.25) is 0 Å². The van der Waals surface area contributed by atoms with E-state index in [4.69, 9.17) is 4.98 Å². The van der Waals surface area contributed by atoms with Crippen LogP contribution in [0.25, 0.3) is 11.0 Å². The number of likely N-dealkylation sites (tertiary alicyclic amines) is 1. The van der Waals surface area contributed by atoms with E-state index >= 15 is 0 Å². The number of allylic oxidation sites excluding steroid dienone is 1. The molecular weight excluding hydrogens is 466 g/mol. The lowest BCUT2D eigenvalue weighted by Gasteiger charge is -2.35. The highest BCUT2D eigenvalue weighted by molar-refractivity contribution is 6.05. The number of amides is 2. The van der Waals surface area contributed by atoms with Crippen LogP contribution < -0.4 is 10.2 Å². The predicted molar refractivity (Wildman–Crippen MR) is 145 cm³/mol. The number of hydrogen-bond acceptors (Lipinski definition) is 6. The van der Waals surface area contributed by atoms with Crippen LogP contribution in [0.3, 0.4) is 0 Å². The van der Waals surface area contributed by atoms with Crippen LogP contribution in [0, 0.1) is 11.5 Å². The van der Waals surface area contributed by atoms with Gasteiger partial charge in [-0.15, -0.1) is 0 Å². The van der Waals surface area contributed by atoms with E-state index in [1.807, 2.05) is 48.9 Å². The zero-order valence-electron chi connectivity index (χ0n) is 21.6. The molecule has 4 rings (SSSR count). The SMILES string of the molecule is C=N/C=C(\C=C/C)C(C(=O)NC1CCCCC1)N(C(=O)C1CCCN1C#N)c1nc2ccccc2n1C. The summed E-state index contributed by atoms with van der Waals surface area (Å²) in [4.78, 5) is 40.1. The molecule has 37 heavy (non-hydrogen) atoms. The maximum atomic E-state index is 14.3. The van der Waals surface area contributed by atoms with Crippen molar-refractivity contribution in [1.29, 1.82) is 5.26 Å². The molecule has 2 aliphatic rings. The predicted octanol–water partition coefficient (Wildman–Crippen LogP) is 3.83. The van der Waals surface area contributed by atoms with Crippen LogP contribution in [0.15, 0.2) is 53.2 Å². The highest BCUT2D eigenvalue weighted by Gasteiger charge is 2.42. The fourth-order valence-corrected chi connectivity index (χ4v) is 5.44. The number of nitriles is 1. The Balaban J connectivity index is 1.87. The molecule has 2 amide bonds. The zero-order valence-corrected chi connectivity index (χ0v) is 21.6. The summed E-state index contributed by atoms with van der Waals surface area (Å²) in [5.74, 6) is -0.276. The topological polar surface area (TPSA) is 107 Å². The van der Waals surface area contributed by atoms with Crippen molar-refractivity contribution >= 4 is 35.5 Å². The van der Waals surface area contributed by atoms with Crippen LogP contribution in [-0.4, -0.2) is 57.7 Å². The summed E-state index contributed by atoms with van der Waals surface area (Å²) in [6.45, 7) is 5.96. The average molecular weight is 502 g/mol. The number of nitrogens with zero attached hydrogens (tertiary/aromatic N) is 6. The van der Waals surface area contributed by atoms with Crippen molar-refractivity contribution in [1.82, 2.24) is 19.8 Å². The molecule has 1 N–H and O–H groups in total. The van der Waals surface area contributed by atoms with Gasteiger partial charge in [-0.25, -0.2) is 4.98 Å². The molecule has 2 atom stereocenters. The van der Waals surface area contributed by atoms with Crippen molar-refractivity contribution in [2.24, 2.45) is 12.0 Å². The molecule has 9 heteroatoms. The summed E-state index contributed by atoms with van der Waals surface area (Å²) < 4.78 is 1.83. The Hall–Kier alpha value is -3.93. The number of carbonyl (C=O) groups excluding carboxylic acids is 2. The van der Waals surface area contributed by atoms with Gasteiger partial charge >= 0.3 is 0 Å². The minimum absolute atomic E-state index is 0.0479. The summed E-state index contributed by atoms with van der Waals surface area (Å²) >= 11 is 0. The summed E-state index contributed by atoms with van der Waals surface area (Å²) in [6.07, 6.45) is 13.6. The number of benzene rings is 1. The zero-order chi connectivity index (χ0) is 26.4. The van der Waals surface area contributed by atoms with Crippen molar-refractivity contribution < 1.29 is 9.59 Å². The Morgan fingerprint density at radius 2 is 2.00 bits per heavy atom. The van der Waals surface area contributed by atoms with Crippen LogP contribution in [0.5, 0.6) is 0 Å². The molecule has 2 unspecified atom stereocenters. The quantitative estimate of drug-likeness (QED) is 0.336. The van der Waals surface area contributed by atoms with Crippen molar-refractivity contribution in [2.45, 2.75) is 70.0 Å². The van der Waals surface area contributed by atoms with E-state index in [1.165, 1.54) is 16.0 Å². The molecule has 1 saturated carbocycles. The number of aryl methyl sites for hydroxylation is 1. The third-order valence-electron chi connectivity index (χ3n) is 7.26. The summed E-state index contributed by atoms with van der Waals surface area (Å²) in [6, 6.07) is 5.95. The van der Waals surface area contributed by atoms with E-state index in [1.54, 1.807) is 6.08 Å². The first-order chi connectivity index (χ1) is 18.0. The van der Waals surface area contributed by atoms with Crippen LogP contribution >= 0.6 is 0 Å². The van der Waals surface area contributed by atoms with Crippen LogP contribution in [0.1, 0.15) is 51.9 Å². The molecule has 1 aromatic heterocycles. The highest BCUT2D eigenvalue weighted by atomic mass is 16.2. The number of rotatable bonds is 8. The number of para-hydroxylation sites is 2. The van der Waals surface area contributed by atoms with E-state index in [0.29, 0.717) is 30.0 Å². The summed E-state index contributed by atoms with van der Waals surface area (Å²) in [5, 5.41) is 12.9. The minimum atomic E-state index is -1.03. The van der Waals surface area contributed by atoms with E-state index in [2.05, 4.69) is 23.2 Å². The van der Waals surface area contributed by atoms with Gasteiger partial charge in [-0.1, -0.05) is 43.5 Å².